The molecule has 0 saturated carbocycles. The molecule has 22 heavy (non-hydrogen) atoms. The number of nitrogens with one attached hydrogen (secondary N) is 1. The third-order valence-electron chi connectivity index (χ3n) is 3.18. The molecule has 0 aliphatic carbocycles. The average Bonchev–Trinajstić information content (AvgIpc) is 2.52. The molecule has 0 radical (unpaired) electrons. The Morgan fingerprint density at radius 2 is 1.55 bits per heavy atom. The van der Waals surface area contributed by atoms with Crippen molar-refractivity contribution in [3.63, 3.8) is 0 Å². The molecule has 2 aromatic carbocycles. The van der Waals surface area contributed by atoms with Gasteiger partial charge in [0.25, 0.3) is 0 Å². The van der Waals surface area contributed by atoms with E-state index in [2.05, 4.69) is 5.32 Å². The van der Waals surface area contributed by atoms with E-state index in [9.17, 15) is 13.2 Å². The van der Waals surface area contributed by atoms with Gasteiger partial charge < -0.3 is 14.8 Å². The molecule has 0 saturated heterocycles. The van der Waals surface area contributed by atoms with E-state index in [-0.39, 0.29) is 11.3 Å². The van der Waals surface area contributed by atoms with Crippen LogP contribution in [0.15, 0.2) is 48.5 Å². The van der Waals surface area contributed by atoms with Gasteiger partial charge in [0, 0.05) is 11.3 Å². The monoisotopic (exact) mass is 311 g/mol. The molecule has 2 rings (SSSR count). The van der Waals surface area contributed by atoms with E-state index < -0.39 is 12.2 Å². The van der Waals surface area contributed by atoms with E-state index in [4.69, 9.17) is 9.47 Å². The molecule has 0 bridgehead atoms. The molecule has 0 amide bonds. The largest absolute Gasteiger partial charge is 0.497 e. The summed E-state index contributed by atoms with van der Waals surface area (Å²) in [6, 6.07) is 10.5. The Hall–Kier alpha value is -2.37. The van der Waals surface area contributed by atoms with Crippen LogP contribution in [-0.2, 0) is 0 Å². The Bertz CT molecular complexity index is 612. The van der Waals surface area contributed by atoms with Crippen LogP contribution in [0.2, 0.25) is 0 Å². The molecular weight excluding hydrogens is 295 g/mol. The molecule has 0 unspecified atom stereocenters. The van der Waals surface area contributed by atoms with Crippen molar-refractivity contribution in [2.45, 2.75) is 12.2 Å². The van der Waals surface area contributed by atoms with Gasteiger partial charge in [-0.3, -0.25) is 0 Å². The minimum absolute atomic E-state index is 0.0355. The van der Waals surface area contributed by atoms with Gasteiger partial charge >= 0.3 is 6.18 Å². The summed E-state index contributed by atoms with van der Waals surface area (Å²) in [7, 11) is 2.84. The number of benzene rings is 2. The summed E-state index contributed by atoms with van der Waals surface area (Å²) >= 11 is 0. The quantitative estimate of drug-likeness (QED) is 0.886. The van der Waals surface area contributed by atoms with E-state index in [1.807, 2.05) is 0 Å². The summed E-state index contributed by atoms with van der Waals surface area (Å²) in [4.78, 5) is 0. The fraction of sp³-hybridized carbons (Fsp3) is 0.250. The summed E-state index contributed by atoms with van der Waals surface area (Å²) in [6.07, 6.45) is -4.46. The minimum Gasteiger partial charge on any atom is -0.497 e. The Morgan fingerprint density at radius 1 is 0.909 bits per heavy atom. The topological polar surface area (TPSA) is 30.5 Å². The van der Waals surface area contributed by atoms with Crippen LogP contribution in [0.3, 0.4) is 0 Å². The zero-order chi connectivity index (χ0) is 16.2. The van der Waals surface area contributed by atoms with Crippen molar-refractivity contribution in [1.29, 1.82) is 0 Å². The SMILES string of the molecule is COc1ccc(N[C@@H](c2ccccc2OC)C(F)(F)F)cc1. The summed E-state index contributed by atoms with van der Waals surface area (Å²) in [5.74, 6) is 0.761. The predicted molar refractivity (Wildman–Crippen MR) is 78.4 cm³/mol. The maximum Gasteiger partial charge on any atom is 0.412 e. The fourth-order valence-electron chi connectivity index (χ4n) is 2.09. The second-order valence-electron chi connectivity index (χ2n) is 4.59. The maximum absolute atomic E-state index is 13.4. The second kappa shape index (κ2) is 6.60. The van der Waals surface area contributed by atoms with Crippen molar-refractivity contribution in [2.24, 2.45) is 0 Å². The van der Waals surface area contributed by atoms with Gasteiger partial charge in [-0.25, -0.2) is 0 Å². The average molecular weight is 311 g/mol. The molecule has 1 N–H and O–H groups in total. The molecule has 2 aromatic rings. The predicted octanol–water partition coefficient (Wildman–Crippen LogP) is 4.42. The Balaban J connectivity index is 2.34. The number of alkyl halides is 3. The zero-order valence-corrected chi connectivity index (χ0v) is 12.1. The van der Waals surface area contributed by atoms with E-state index in [0.29, 0.717) is 11.4 Å². The van der Waals surface area contributed by atoms with Crippen LogP contribution in [0.4, 0.5) is 18.9 Å². The number of hydrogen-bond donors (Lipinski definition) is 1. The Kier molecular flexibility index (Phi) is 4.80. The van der Waals surface area contributed by atoms with Gasteiger partial charge in [0.15, 0.2) is 6.04 Å². The van der Waals surface area contributed by atoms with Crippen molar-refractivity contribution in [3.05, 3.63) is 54.1 Å². The standard InChI is InChI=1S/C16H16F3NO2/c1-21-12-9-7-11(8-10-12)20-15(16(17,18)19)13-5-3-4-6-14(13)22-2/h3-10,15,20H,1-2H3/t15-/m0/s1. The second-order valence-corrected chi connectivity index (χ2v) is 4.59. The maximum atomic E-state index is 13.4. The Labute approximate surface area is 126 Å². The van der Waals surface area contributed by atoms with Crippen LogP contribution < -0.4 is 14.8 Å². The van der Waals surface area contributed by atoms with Gasteiger partial charge in [-0.1, -0.05) is 18.2 Å². The summed E-state index contributed by atoms with van der Waals surface area (Å²) in [5, 5.41) is 2.50. The lowest BCUT2D eigenvalue weighted by atomic mass is 10.0. The van der Waals surface area contributed by atoms with E-state index in [0.717, 1.165) is 0 Å². The molecule has 6 heteroatoms. The molecule has 0 spiro atoms. The first-order valence-electron chi connectivity index (χ1n) is 6.56. The van der Waals surface area contributed by atoms with Crippen LogP contribution in [0.25, 0.3) is 0 Å². The highest BCUT2D eigenvalue weighted by atomic mass is 19.4. The number of anilines is 1. The van der Waals surface area contributed by atoms with Crippen molar-refractivity contribution in [2.75, 3.05) is 19.5 Å². The number of rotatable bonds is 5. The lowest BCUT2D eigenvalue weighted by Crippen LogP contribution is -2.28. The van der Waals surface area contributed by atoms with Crippen LogP contribution in [-0.4, -0.2) is 20.4 Å². The highest BCUT2D eigenvalue weighted by Crippen LogP contribution is 2.39. The molecular formula is C16H16F3NO2. The molecule has 3 nitrogen and oxygen atoms in total. The zero-order valence-electron chi connectivity index (χ0n) is 12.1. The van der Waals surface area contributed by atoms with Crippen molar-refractivity contribution in [3.8, 4) is 11.5 Å². The normalized spacial score (nSPS) is 12.6. The number of methoxy groups -OCH3 is 2. The van der Waals surface area contributed by atoms with Crippen LogP contribution in [0.5, 0.6) is 11.5 Å². The van der Waals surface area contributed by atoms with Gasteiger partial charge in [-0.15, -0.1) is 0 Å². The van der Waals surface area contributed by atoms with Gasteiger partial charge in [0.2, 0.25) is 0 Å². The summed E-state index contributed by atoms with van der Waals surface area (Å²) < 4.78 is 50.3. The number of hydrogen-bond acceptors (Lipinski definition) is 3. The first-order chi connectivity index (χ1) is 10.5. The third-order valence-corrected chi connectivity index (χ3v) is 3.18. The van der Waals surface area contributed by atoms with E-state index >= 15 is 0 Å². The summed E-state index contributed by atoms with van der Waals surface area (Å²) in [6.45, 7) is 0. The van der Waals surface area contributed by atoms with Crippen molar-refractivity contribution < 1.29 is 22.6 Å². The minimum atomic E-state index is -4.46. The van der Waals surface area contributed by atoms with Gasteiger partial charge in [0.05, 0.1) is 14.2 Å². The molecule has 0 aliphatic rings. The Morgan fingerprint density at radius 3 is 2.09 bits per heavy atom. The fourth-order valence-corrected chi connectivity index (χ4v) is 2.09. The lowest BCUT2D eigenvalue weighted by molar-refractivity contribution is -0.144. The first kappa shape index (κ1) is 16.0. The number of ether oxygens (including phenoxy) is 2. The van der Waals surface area contributed by atoms with Crippen LogP contribution >= 0.6 is 0 Å². The summed E-state index contributed by atoms with van der Waals surface area (Å²) in [5.41, 5.74) is 0.377. The van der Waals surface area contributed by atoms with Crippen molar-refractivity contribution in [1.82, 2.24) is 0 Å². The lowest BCUT2D eigenvalue weighted by Gasteiger charge is -2.24. The number of halogens is 3. The van der Waals surface area contributed by atoms with Crippen LogP contribution in [0, 0.1) is 0 Å². The molecule has 0 heterocycles. The molecule has 0 aromatic heterocycles. The van der Waals surface area contributed by atoms with E-state index in [1.165, 1.54) is 38.5 Å². The molecule has 0 aliphatic heterocycles. The van der Waals surface area contributed by atoms with Crippen LogP contribution in [0.1, 0.15) is 11.6 Å². The number of para-hydroxylation sites is 1. The first-order valence-corrected chi connectivity index (χ1v) is 6.56. The molecule has 118 valence electrons. The van der Waals surface area contributed by atoms with Gasteiger partial charge in [0.1, 0.15) is 11.5 Å². The van der Waals surface area contributed by atoms with Gasteiger partial charge in [-0.05, 0) is 30.3 Å². The van der Waals surface area contributed by atoms with E-state index in [1.54, 1.807) is 24.3 Å². The highest BCUT2D eigenvalue weighted by Gasteiger charge is 2.42. The van der Waals surface area contributed by atoms with Gasteiger partial charge in [-0.2, -0.15) is 13.2 Å². The molecule has 1 atom stereocenters. The van der Waals surface area contributed by atoms with Crippen molar-refractivity contribution >= 4 is 5.69 Å². The third kappa shape index (κ3) is 3.63. The highest BCUT2D eigenvalue weighted by molar-refractivity contribution is 5.50. The molecule has 0 fully saturated rings. The smallest absolute Gasteiger partial charge is 0.412 e.